The smallest absolute Gasteiger partial charge is 0.429 e. The molecule has 3 aromatic heterocycles. The second kappa shape index (κ2) is 10.3. The highest BCUT2D eigenvalue weighted by atomic mass is 32.1. The number of allylic oxidation sites excluding steroid dienone is 2. The summed E-state index contributed by atoms with van der Waals surface area (Å²) in [6.07, 6.45) is 2.76. The first-order valence-corrected chi connectivity index (χ1v) is 14.4. The monoisotopic (exact) mass is 582 g/mol. The van der Waals surface area contributed by atoms with Crippen LogP contribution in [-0.2, 0) is 4.79 Å². The van der Waals surface area contributed by atoms with Crippen LogP contribution >= 0.6 is 11.3 Å². The summed E-state index contributed by atoms with van der Waals surface area (Å²) >= 11 is 1.26. The van der Waals surface area contributed by atoms with Gasteiger partial charge in [0, 0.05) is 22.7 Å². The number of aliphatic carboxylic acids is 1. The van der Waals surface area contributed by atoms with E-state index in [1.807, 2.05) is 12.3 Å². The summed E-state index contributed by atoms with van der Waals surface area (Å²) < 4.78 is 51.3. The van der Waals surface area contributed by atoms with Crippen LogP contribution in [0.4, 0.5) is 13.2 Å². The van der Waals surface area contributed by atoms with Gasteiger partial charge in [-0.1, -0.05) is 18.2 Å². The summed E-state index contributed by atoms with van der Waals surface area (Å²) in [6, 6.07) is 6.45. The number of ether oxygens (including phenoxy) is 1. The van der Waals surface area contributed by atoms with Crippen LogP contribution in [0.3, 0.4) is 0 Å². The van der Waals surface area contributed by atoms with Crippen LogP contribution in [0.2, 0.25) is 0 Å². The van der Waals surface area contributed by atoms with E-state index < -0.39 is 18.2 Å². The van der Waals surface area contributed by atoms with Gasteiger partial charge in [0.1, 0.15) is 11.0 Å². The zero-order chi connectivity index (χ0) is 28.9. The van der Waals surface area contributed by atoms with Crippen molar-refractivity contribution in [3.63, 3.8) is 0 Å². The quantitative estimate of drug-likeness (QED) is 0.252. The Morgan fingerprint density at radius 2 is 2.05 bits per heavy atom. The molecule has 0 aliphatic heterocycles. The van der Waals surface area contributed by atoms with Crippen molar-refractivity contribution in [2.45, 2.75) is 64.7 Å². The molecular formula is C30H29F3N4O3S. The zero-order valence-corrected chi connectivity index (χ0v) is 23.4. The Labute approximate surface area is 238 Å². The molecular weight excluding hydrogens is 553 g/mol. The number of rotatable bonds is 6. The standard InChI is InChI=1S/C30H29F3N4O3S/c1-17-3-4-21(23(13-17)37-12-8-18(2)36-37)26(30(31,32)33)40-27-25-24(34-16-35-27)22(15-41-25)19-5-9-29(10-6-19)11-7-20(14-29)28(38)39/h3-5,8,12-13,15-16,20,26H,6-7,9-11,14H2,1-2H3,(H,38,39). The van der Waals surface area contributed by atoms with E-state index in [0.29, 0.717) is 28.8 Å². The lowest BCUT2D eigenvalue weighted by atomic mass is 9.72. The lowest BCUT2D eigenvalue weighted by Crippen LogP contribution is -2.28. The van der Waals surface area contributed by atoms with Gasteiger partial charge in [-0.3, -0.25) is 4.79 Å². The first-order chi connectivity index (χ1) is 19.5. The highest BCUT2D eigenvalue weighted by Gasteiger charge is 2.46. The highest BCUT2D eigenvalue weighted by Crippen LogP contribution is 2.53. The zero-order valence-electron chi connectivity index (χ0n) is 22.6. The van der Waals surface area contributed by atoms with E-state index in [0.717, 1.165) is 42.4 Å². The molecule has 1 spiro atoms. The predicted octanol–water partition coefficient (Wildman–Crippen LogP) is 7.61. The number of hydrogen-bond acceptors (Lipinski definition) is 6. The van der Waals surface area contributed by atoms with Crippen LogP contribution in [0, 0.1) is 25.2 Å². The maximum absolute atomic E-state index is 14.6. The summed E-state index contributed by atoms with van der Waals surface area (Å²) in [5.74, 6) is -1.13. The maximum atomic E-state index is 14.6. The Morgan fingerprint density at radius 3 is 2.71 bits per heavy atom. The fourth-order valence-corrected chi connectivity index (χ4v) is 7.18. The van der Waals surface area contributed by atoms with E-state index in [2.05, 4.69) is 21.1 Å². The lowest BCUT2D eigenvalue weighted by Gasteiger charge is -2.32. The Balaban J connectivity index is 1.32. The Bertz CT molecular complexity index is 1660. The van der Waals surface area contributed by atoms with Crippen molar-refractivity contribution in [1.82, 2.24) is 19.7 Å². The fourth-order valence-electron chi connectivity index (χ4n) is 6.20. The van der Waals surface area contributed by atoms with Gasteiger partial charge in [0.05, 0.1) is 22.8 Å². The normalized spacial score (nSPS) is 21.8. The molecule has 3 heterocycles. The number of carbonyl (C=O) groups is 1. The van der Waals surface area contributed by atoms with Crippen LogP contribution in [0.5, 0.6) is 5.88 Å². The molecule has 0 amide bonds. The Morgan fingerprint density at radius 1 is 1.22 bits per heavy atom. The average Bonchev–Trinajstić information content (AvgIpc) is 3.67. The third kappa shape index (κ3) is 5.23. The number of fused-ring (bicyclic) bond motifs is 1. The average molecular weight is 583 g/mol. The minimum Gasteiger partial charge on any atom is -0.481 e. The molecule has 11 heteroatoms. The Hall–Kier alpha value is -3.73. The summed E-state index contributed by atoms with van der Waals surface area (Å²) in [4.78, 5) is 20.0. The molecule has 6 rings (SSSR count). The second-order valence-corrected chi connectivity index (χ2v) is 12.1. The number of nitrogens with zero attached hydrogens (tertiary/aromatic N) is 4. The second-order valence-electron chi connectivity index (χ2n) is 11.2. The molecule has 0 saturated heterocycles. The molecule has 1 N–H and O–H groups in total. The molecule has 3 unspecified atom stereocenters. The number of hydrogen-bond donors (Lipinski definition) is 1. The van der Waals surface area contributed by atoms with Crippen LogP contribution in [0.1, 0.15) is 67.0 Å². The van der Waals surface area contributed by atoms with Crippen molar-refractivity contribution in [3.05, 3.63) is 70.6 Å². The van der Waals surface area contributed by atoms with Gasteiger partial charge in [-0.05, 0) is 81.1 Å². The van der Waals surface area contributed by atoms with E-state index in [4.69, 9.17) is 4.74 Å². The molecule has 0 radical (unpaired) electrons. The molecule has 41 heavy (non-hydrogen) atoms. The van der Waals surface area contributed by atoms with Gasteiger partial charge in [0.2, 0.25) is 12.0 Å². The number of carboxylic acid groups (broad SMARTS) is 1. The molecule has 1 fully saturated rings. The number of benzene rings is 1. The SMILES string of the molecule is Cc1ccc(C(Oc2ncnc3c(C4=CCC5(CC4)CCC(C(=O)O)C5)csc23)C(F)(F)F)c(-n2ccc(C)n2)c1. The van der Waals surface area contributed by atoms with Gasteiger partial charge in [-0.15, -0.1) is 11.3 Å². The summed E-state index contributed by atoms with van der Waals surface area (Å²) in [5.41, 5.74) is 4.22. The van der Waals surface area contributed by atoms with E-state index in [1.165, 1.54) is 28.4 Å². The van der Waals surface area contributed by atoms with E-state index in [1.54, 1.807) is 31.3 Å². The fraction of sp³-hybridized carbons (Fsp3) is 0.400. The van der Waals surface area contributed by atoms with Gasteiger partial charge in [-0.2, -0.15) is 18.3 Å². The number of thiophene rings is 1. The molecule has 3 atom stereocenters. The van der Waals surface area contributed by atoms with Gasteiger partial charge in [0.25, 0.3) is 0 Å². The summed E-state index contributed by atoms with van der Waals surface area (Å²) in [5, 5.41) is 15.7. The van der Waals surface area contributed by atoms with E-state index >= 15 is 0 Å². The number of carboxylic acids is 1. The third-order valence-electron chi connectivity index (χ3n) is 8.39. The molecule has 214 valence electrons. The predicted molar refractivity (Wildman–Crippen MR) is 149 cm³/mol. The number of halogens is 3. The van der Waals surface area contributed by atoms with Gasteiger partial charge < -0.3 is 9.84 Å². The first-order valence-electron chi connectivity index (χ1n) is 13.5. The highest BCUT2D eigenvalue weighted by molar-refractivity contribution is 7.17. The minimum absolute atomic E-state index is 0.0143. The van der Waals surface area contributed by atoms with E-state index in [-0.39, 0.29) is 28.5 Å². The van der Waals surface area contributed by atoms with Crippen molar-refractivity contribution in [1.29, 1.82) is 0 Å². The molecule has 1 saturated carbocycles. The Kier molecular flexibility index (Phi) is 6.88. The molecule has 1 aromatic carbocycles. The van der Waals surface area contributed by atoms with Crippen molar-refractivity contribution in [2.75, 3.05) is 0 Å². The van der Waals surface area contributed by atoms with Crippen LogP contribution in [-0.4, -0.2) is 37.0 Å². The van der Waals surface area contributed by atoms with Gasteiger partial charge >= 0.3 is 12.1 Å². The maximum Gasteiger partial charge on any atom is 0.429 e. The van der Waals surface area contributed by atoms with Crippen molar-refractivity contribution in [3.8, 4) is 11.6 Å². The molecule has 4 aromatic rings. The van der Waals surface area contributed by atoms with Gasteiger partial charge in [0.15, 0.2) is 0 Å². The molecule has 2 aliphatic carbocycles. The third-order valence-corrected chi connectivity index (χ3v) is 9.35. The lowest BCUT2D eigenvalue weighted by molar-refractivity contribution is -0.198. The van der Waals surface area contributed by atoms with Crippen LogP contribution < -0.4 is 4.74 Å². The number of aryl methyl sites for hydroxylation is 2. The van der Waals surface area contributed by atoms with Crippen LogP contribution in [0.15, 0.2) is 48.2 Å². The van der Waals surface area contributed by atoms with Crippen LogP contribution in [0.25, 0.3) is 21.5 Å². The summed E-state index contributed by atoms with van der Waals surface area (Å²) in [7, 11) is 0. The van der Waals surface area contributed by atoms with Gasteiger partial charge in [-0.25, -0.2) is 14.6 Å². The van der Waals surface area contributed by atoms with Crippen molar-refractivity contribution >= 4 is 33.1 Å². The van der Waals surface area contributed by atoms with Crippen molar-refractivity contribution in [2.24, 2.45) is 11.3 Å². The molecule has 0 bridgehead atoms. The minimum atomic E-state index is -4.72. The number of alkyl halides is 3. The van der Waals surface area contributed by atoms with Crippen molar-refractivity contribution < 1.29 is 27.8 Å². The molecule has 2 aliphatic rings. The molecule has 7 nitrogen and oxygen atoms in total. The summed E-state index contributed by atoms with van der Waals surface area (Å²) in [6.45, 7) is 3.59. The topological polar surface area (TPSA) is 90.1 Å². The first kappa shape index (κ1) is 27.4. The number of aromatic nitrogens is 4. The largest absolute Gasteiger partial charge is 0.481 e. The van der Waals surface area contributed by atoms with E-state index in [9.17, 15) is 23.1 Å².